The summed E-state index contributed by atoms with van der Waals surface area (Å²) in [5.74, 6) is -0.818. The van der Waals surface area contributed by atoms with E-state index in [0.29, 0.717) is 0 Å². The van der Waals surface area contributed by atoms with Gasteiger partial charge in [-0.3, -0.25) is 9.59 Å². The summed E-state index contributed by atoms with van der Waals surface area (Å²) in [5.41, 5.74) is 4.03. The highest BCUT2D eigenvalue weighted by molar-refractivity contribution is 6.03. The lowest BCUT2D eigenvalue weighted by molar-refractivity contribution is -0.157. The highest BCUT2D eigenvalue weighted by Crippen LogP contribution is 2.17. The fourth-order valence-corrected chi connectivity index (χ4v) is 0.681. The molecule has 0 aromatic carbocycles. The Morgan fingerprint density at radius 2 is 1.92 bits per heavy atom. The summed E-state index contributed by atoms with van der Waals surface area (Å²) in [4.78, 5) is 22.3. The zero-order valence-corrected chi connectivity index (χ0v) is 7.72. The van der Waals surface area contributed by atoms with Crippen molar-refractivity contribution in [3.63, 3.8) is 0 Å². The first-order chi connectivity index (χ1) is 5.46. The largest absolute Gasteiger partial charge is 0.465 e. The second kappa shape index (κ2) is 4.21. The SMILES string of the molecule is CCOC(=O)C(C)(C)C(=O)CN. The minimum Gasteiger partial charge on any atom is -0.465 e. The van der Waals surface area contributed by atoms with Gasteiger partial charge in [0.25, 0.3) is 0 Å². The molecule has 0 aliphatic rings. The van der Waals surface area contributed by atoms with Gasteiger partial charge in [0.2, 0.25) is 0 Å². The second-order valence-electron chi connectivity index (χ2n) is 2.97. The van der Waals surface area contributed by atoms with E-state index in [1.807, 2.05) is 0 Å². The molecular formula is C8H15NO3. The summed E-state index contributed by atoms with van der Waals surface area (Å²) >= 11 is 0. The predicted octanol–water partition coefficient (Wildman–Crippen LogP) is 0.104. The molecule has 2 N–H and O–H groups in total. The van der Waals surface area contributed by atoms with Gasteiger partial charge in [0.1, 0.15) is 5.41 Å². The number of esters is 1. The lowest BCUT2D eigenvalue weighted by Gasteiger charge is -2.19. The van der Waals surface area contributed by atoms with Crippen molar-refractivity contribution in [1.29, 1.82) is 0 Å². The van der Waals surface area contributed by atoms with Crippen molar-refractivity contribution >= 4 is 11.8 Å². The first kappa shape index (κ1) is 11.1. The van der Waals surface area contributed by atoms with Crippen LogP contribution in [-0.4, -0.2) is 24.9 Å². The molecule has 0 aromatic heterocycles. The highest BCUT2D eigenvalue weighted by atomic mass is 16.5. The van der Waals surface area contributed by atoms with E-state index in [1.165, 1.54) is 13.8 Å². The molecule has 4 heteroatoms. The molecule has 0 amide bonds. The monoisotopic (exact) mass is 173 g/mol. The van der Waals surface area contributed by atoms with Gasteiger partial charge in [-0.25, -0.2) is 0 Å². The Morgan fingerprint density at radius 3 is 2.25 bits per heavy atom. The zero-order valence-electron chi connectivity index (χ0n) is 7.72. The van der Waals surface area contributed by atoms with E-state index >= 15 is 0 Å². The first-order valence-corrected chi connectivity index (χ1v) is 3.87. The van der Waals surface area contributed by atoms with E-state index < -0.39 is 11.4 Å². The number of ether oxygens (including phenoxy) is 1. The normalized spacial score (nSPS) is 11.0. The Morgan fingerprint density at radius 1 is 1.42 bits per heavy atom. The van der Waals surface area contributed by atoms with E-state index in [1.54, 1.807) is 6.92 Å². The van der Waals surface area contributed by atoms with Crippen LogP contribution in [-0.2, 0) is 14.3 Å². The Kier molecular flexibility index (Phi) is 3.89. The minimum atomic E-state index is -1.11. The standard InChI is InChI=1S/C8H15NO3/c1-4-12-7(11)8(2,3)6(10)5-9/h4-5,9H2,1-3H3. The molecule has 0 unspecified atom stereocenters. The fourth-order valence-electron chi connectivity index (χ4n) is 0.681. The second-order valence-corrected chi connectivity index (χ2v) is 2.97. The Labute approximate surface area is 72.1 Å². The van der Waals surface area contributed by atoms with Crippen LogP contribution < -0.4 is 5.73 Å². The van der Waals surface area contributed by atoms with Crippen LogP contribution >= 0.6 is 0 Å². The molecular weight excluding hydrogens is 158 g/mol. The van der Waals surface area contributed by atoms with E-state index in [2.05, 4.69) is 0 Å². The van der Waals surface area contributed by atoms with Crippen LogP contribution in [0.2, 0.25) is 0 Å². The molecule has 70 valence electrons. The maximum absolute atomic E-state index is 11.2. The molecule has 0 heterocycles. The zero-order chi connectivity index (χ0) is 9.78. The molecule has 0 fully saturated rings. The number of ketones is 1. The molecule has 0 aliphatic carbocycles. The minimum absolute atomic E-state index is 0.133. The third kappa shape index (κ3) is 2.30. The topological polar surface area (TPSA) is 69.4 Å². The Bertz CT molecular complexity index is 187. The molecule has 0 rings (SSSR count). The predicted molar refractivity (Wildman–Crippen MR) is 44.5 cm³/mol. The molecule has 4 nitrogen and oxygen atoms in total. The number of rotatable bonds is 4. The average Bonchev–Trinajstić information content (AvgIpc) is 2.03. The van der Waals surface area contributed by atoms with Gasteiger partial charge >= 0.3 is 5.97 Å². The fraction of sp³-hybridized carbons (Fsp3) is 0.750. The molecule has 0 aliphatic heterocycles. The van der Waals surface area contributed by atoms with Crippen LogP contribution in [0.1, 0.15) is 20.8 Å². The van der Waals surface area contributed by atoms with Crippen LogP contribution in [0.15, 0.2) is 0 Å². The van der Waals surface area contributed by atoms with Crippen LogP contribution in [0, 0.1) is 5.41 Å². The van der Waals surface area contributed by atoms with Crippen molar-refractivity contribution in [3.8, 4) is 0 Å². The third-order valence-corrected chi connectivity index (χ3v) is 1.67. The Hall–Kier alpha value is -0.900. The van der Waals surface area contributed by atoms with Crippen LogP contribution in [0.25, 0.3) is 0 Å². The van der Waals surface area contributed by atoms with Crippen molar-refractivity contribution < 1.29 is 14.3 Å². The van der Waals surface area contributed by atoms with E-state index in [9.17, 15) is 9.59 Å². The van der Waals surface area contributed by atoms with Gasteiger partial charge < -0.3 is 10.5 Å². The van der Waals surface area contributed by atoms with Gasteiger partial charge in [0, 0.05) is 0 Å². The molecule has 0 spiro atoms. The van der Waals surface area contributed by atoms with Crippen molar-refractivity contribution in [3.05, 3.63) is 0 Å². The molecule has 0 atom stereocenters. The van der Waals surface area contributed by atoms with E-state index in [0.717, 1.165) is 0 Å². The summed E-state index contributed by atoms with van der Waals surface area (Å²) in [6.07, 6.45) is 0. The Balaban J connectivity index is 4.38. The van der Waals surface area contributed by atoms with E-state index in [-0.39, 0.29) is 18.9 Å². The number of carbonyl (C=O) groups excluding carboxylic acids is 2. The van der Waals surface area contributed by atoms with Crippen molar-refractivity contribution in [2.24, 2.45) is 11.1 Å². The summed E-state index contributed by atoms with van der Waals surface area (Å²) in [5, 5.41) is 0. The summed E-state index contributed by atoms with van der Waals surface area (Å²) < 4.78 is 4.71. The quantitative estimate of drug-likeness (QED) is 0.483. The molecule has 0 radical (unpaired) electrons. The summed E-state index contributed by atoms with van der Waals surface area (Å²) in [7, 11) is 0. The average molecular weight is 173 g/mol. The molecule has 0 saturated heterocycles. The van der Waals surface area contributed by atoms with Gasteiger partial charge in [0.05, 0.1) is 13.2 Å². The van der Waals surface area contributed by atoms with Crippen LogP contribution in [0.3, 0.4) is 0 Å². The number of hydrogen-bond donors (Lipinski definition) is 1. The molecule has 12 heavy (non-hydrogen) atoms. The molecule has 0 aromatic rings. The lowest BCUT2D eigenvalue weighted by atomic mass is 9.88. The first-order valence-electron chi connectivity index (χ1n) is 3.87. The molecule has 0 bridgehead atoms. The lowest BCUT2D eigenvalue weighted by Crippen LogP contribution is -2.39. The maximum Gasteiger partial charge on any atom is 0.319 e. The summed E-state index contributed by atoms with van der Waals surface area (Å²) in [6, 6.07) is 0. The highest BCUT2D eigenvalue weighted by Gasteiger charge is 2.35. The van der Waals surface area contributed by atoms with Gasteiger partial charge in [-0.2, -0.15) is 0 Å². The van der Waals surface area contributed by atoms with Gasteiger partial charge in [-0.15, -0.1) is 0 Å². The van der Waals surface area contributed by atoms with E-state index in [4.69, 9.17) is 10.5 Å². The van der Waals surface area contributed by atoms with Gasteiger partial charge in [-0.05, 0) is 20.8 Å². The summed E-state index contributed by atoms with van der Waals surface area (Å²) in [6.45, 7) is 4.87. The number of hydrogen-bond acceptors (Lipinski definition) is 4. The number of nitrogens with two attached hydrogens (primary N) is 1. The van der Waals surface area contributed by atoms with Crippen molar-refractivity contribution in [2.45, 2.75) is 20.8 Å². The molecule has 0 saturated carbocycles. The van der Waals surface area contributed by atoms with Gasteiger partial charge in [0.15, 0.2) is 5.78 Å². The van der Waals surface area contributed by atoms with Crippen LogP contribution in [0.4, 0.5) is 0 Å². The van der Waals surface area contributed by atoms with Crippen molar-refractivity contribution in [2.75, 3.05) is 13.2 Å². The number of carbonyl (C=O) groups is 2. The van der Waals surface area contributed by atoms with Crippen molar-refractivity contribution in [1.82, 2.24) is 0 Å². The third-order valence-electron chi connectivity index (χ3n) is 1.67. The van der Waals surface area contributed by atoms with Gasteiger partial charge in [-0.1, -0.05) is 0 Å². The number of Topliss-reactive ketones (excluding diaryl/α,β-unsaturated/α-hetero) is 1. The maximum atomic E-state index is 11.2. The smallest absolute Gasteiger partial charge is 0.319 e. The van der Waals surface area contributed by atoms with Crippen LogP contribution in [0.5, 0.6) is 0 Å².